The number of carbonyl (C=O) groups excluding carboxylic acids is 5. The van der Waals surface area contributed by atoms with Gasteiger partial charge in [-0.25, -0.2) is 0 Å². The van der Waals surface area contributed by atoms with Crippen LogP contribution in [0.3, 0.4) is 0 Å². The zero-order valence-corrected chi connectivity index (χ0v) is 24.5. The molecule has 0 spiro atoms. The zero-order valence-electron chi connectivity index (χ0n) is 21.3. The molecular weight excluding hydrogens is 477 g/mol. The fraction of sp³-hybridized carbons (Fsp3) is 0.731. The number of esters is 1. The molecule has 4 fully saturated rings. The van der Waals surface area contributed by atoms with Gasteiger partial charge in [0.25, 0.3) is 5.78 Å². The summed E-state index contributed by atoms with van der Waals surface area (Å²) >= 11 is 0. The third-order valence-corrected chi connectivity index (χ3v) is 9.95. The topological polar surface area (TPSA) is 130 Å². The third-order valence-electron chi connectivity index (χ3n) is 9.95. The molecule has 0 aromatic carbocycles. The van der Waals surface area contributed by atoms with Gasteiger partial charge in [-0.05, 0) is 48.3 Å². The second-order valence-corrected chi connectivity index (χ2v) is 11.4. The van der Waals surface area contributed by atoms with Crippen molar-refractivity contribution in [2.24, 2.45) is 34.0 Å². The van der Waals surface area contributed by atoms with E-state index in [2.05, 4.69) is 18.8 Å². The van der Waals surface area contributed by atoms with E-state index in [0.717, 1.165) is 12.8 Å². The molecule has 0 radical (unpaired) electrons. The van der Waals surface area contributed by atoms with E-state index in [-0.39, 0.29) is 81.3 Å². The second kappa shape index (κ2) is 9.96. The van der Waals surface area contributed by atoms with Crippen LogP contribution in [0.1, 0.15) is 59.8 Å². The largest absolute Gasteiger partial charge is 1.00 e. The fourth-order valence-electron chi connectivity index (χ4n) is 7.48. The van der Waals surface area contributed by atoms with Gasteiger partial charge >= 0.3 is 57.4 Å². The Hall–Kier alpha value is -0.554. The molecule has 9 heteroatoms. The van der Waals surface area contributed by atoms with Gasteiger partial charge in [0.15, 0.2) is 0 Å². The monoisotopic (exact) mass is 511 g/mol. The Labute approximate surface area is 248 Å². The molecular formula is C26H34KNO7. The summed E-state index contributed by atoms with van der Waals surface area (Å²) in [7, 11) is 0. The maximum absolute atomic E-state index is 13.8. The molecule has 4 rings (SSSR count). The summed E-state index contributed by atoms with van der Waals surface area (Å²) < 4.78 is 5.99. The van der Waals surface area contributed by atoms with Crippen molar-refractivity contribution >= 4 is 29.1 Å². The number of ketones is 4. The molecule has 8 atom stereocenters. The number of nitrogens with one attached hydrogen (secondary N) is 1. The predicted octanol–water partition coefficient (Wildman–Crippen LogP) is -2.06. The van der Waals surface area contributed by atoms with Gasteiger partial charge in [0.05, 0.1) is 6.54 Å². The molecule has 0 aromatic rings. The van der Waals surface area contributed by atoms with Gasteiger partial charge in [0.1, 0.15) is 17.9 Å². The van der Waals surface area contributed by atoms with Crippen molar-refractivity contribution in [3.63, 3.8) is 0 Å². The maximum atomic E-state index is 13.8. The van der Waals surface area contributed by atoms with E-state index in [9.17, 15) is 29.1 Å². The van der Waals surface area contributed by atoms with Crippen LogP contribution in [-0.2, 0) is 28.7 Å². The fourth-order valence-corrected chi connectivity index (χ4v) is 7.48. The molecule has 2 bridgehead atoms. The summed E-state index contributed by atoms with van der Waals surface area (Å²) in [5.74, 6) is -3.87. The molecule has 1 N–H and O–H groups in total. The molecule has 0 aromatic heterocycles. The average molecular weight is 512 g/mol. The Balaban J connectivity index is 0.00000342. The van der Waals surface area contributed by atoms with Gasteiger partial charge in [-0.15, -0.1) is 12.7 Å². The van der Waals surface area contributed by atoms with Crippen LogP contribution in [0.5, 0.6) is 0 Å². The predicted molar refractivity (Wildman–Crippen MR) is 119 cm³/mol. The number of hydrogen-bond acceptors (Lipinski definition) is 8. The molecule has 8 nitrogen and oxygen atoms in total. The number of rotatable bonds is 5. The minimum absolute atomic E-state index is 0. The van der Waals surface area contributed by atoms with Gasteiger partial charge in [-0.3, -0.25) is 29.3 Å². The van der Waals surface area contributed by atoms with Crippen LogP contribution in [0, 0.1) is 34.0 Å². The van der Waals surface area contributed by atoms with Crippen molar-refractivity contribution in [2.75, 3.05) is 6.54 Å². The van der Waals surface area contributed by atoms with Crippen molar-refractivity contribution < 1.29 is 85.2 Å². The number of hydrogen-bond donors (Lipinski definition) is 1. The van der Waals surface area contributed by atoms with E-state index >= 15 is 0 Å². The molecule has 186 valence electrons. The van der Waals surface area contributed by atoms with Gasteiger partial charge < -0.3 is 9.84 Å². The minimum Gasteiger partial charge on any atom is -0.851 e. The smallest absolute Gasteiger partial charge is 0.851 e. The molecule has 0 heterocycles. The summed E-state index contributed by atoms with van der Waals surface area (Å²) in [6, 6.07) is -1.31. The first-order valence-electron chi connectivity index (χ1n) is 12.2. The van der Waals surface area contributed by atoms with Crippen molar-refractivity contribution in [1.82, 2.24) is 5.32 Å². The average Bonchev–Trinajstić information content (AvgIpc) is 3.17. The van der Waals surface area contributed by atoms with Crippen LogP contribution >= 0.6 is 0 Å². The van der Waals surface area contributed by atoms with Crippen LogP contribution < -0.4 is 61.8 Å². The number of Topliss-reactive ketones (excluding diaryl/α,β-unsaturated/α-hetero) is 4. The Bertz CT molecular complexity index is 963. The molecule has 4 aliphatic carbocycles. The molecule has 0 amide bonds. The van der Waals surface area contributed by atoms with Crippen LogP contribution in [0.25, 0.3) is 0 Å². The molecule has 0 unspecified atom stereocenters. The third kappa shape index (κ3) is 4.23. The van der Waals surface area contributed by atoms with Crippen LogP contribution in [0.15, 0.2) is 12.7 Å². The van der Waals surface area contributed by atoms with E-state index < -0.39 is 64.4 Å². The Morgan fingerprint density at radius 1 is 1.17 bits per heavy atom. The number of carbonyl (C=O) groups is 5. The molecule has 0 aliphatic heterocycles. The van der Waals surface area contributed by atoms with E-state index in [1.165, 1.54) is 0 Å². The molecule has 35 heavy (non-hydrogen) atoms. The Morgan fingerprint density at radius 2 is 1.80 bits per heavy atom. The first kappa shape index (κ1) is 29.0. The molecule has 4 saturated carbocycles. The van der Waals surface area contributed by atoms with E-state index in [4.69, 9.17) is 4.74 Å². The van der Waals surface area contributed by atoms with E-state index in [0.29, 0.717) is 12.8 Å². The first-order valence-corrected chi connectivity index (χ1v) is 12.2. The number of ether oxygens (including phenoxy) is 1. The van der Waals surface area contributed by atoms with E-state index in [1.54, 1.807) is 6.08 Å². The van der Waals surface area contributed by atoms with Crippen molar-refractivity contribution in [3.05, 3.63) is 12.7 Å². The van der Waals surface area contributed by atoms with Crippen LogP contribution in [0.4, 0.5) is 0 Å². The summed E-state index contributed by atoms with van der Waals surface area (Å²) in [5, 5.41) is 16.3. The summed E-state index contributed by atoms with van der Waals surface area (Å²) in [6.07, 6.45) is 2.91. The van der Waals surface area contributed by atoms with Gasteiger partial charge in [0.2, 0.25) is 11.6 Å². The summed E-state index contributed by atoms with van der Waals surface area (Å²) in [4.78, 5) is 60.6. The molecule has 0 saturated heterocycles. The van der Waals surface area contributed by atoms with Crippen LogP contribution in [-0.4, -0.2) is 53.9 Å². The quantitative estimate of drug-likeness (QED) is 0.147. The van der Waals surface area contributed by atoms with Gasteiger partial charge in [0, 0.05) is 17.8 Å². The van der Waals surface area contributed by atoms with E-state index in [1.807, 2.05) is 20.8 Å². The molecule has 4 aliphatic rings. The zero-order chi connectivity index (χ0) is 25.2. The minimum atomic E-state index is -1.31. The van der Waals surface area contributed by atoms with Crippen molar-refractivity contribution in [1.29, 1.82) is 0 Å². The maximum Gasteiger partial charge on any atom is 1.00 e. The summed E-state index contributed by atoms with van der Waals surface area (Å²) in [6.45, 7) is 11.4. The normalized spacial score (nSPS) is 43.4. The van der Waals surface area contributed by atoms with Gasteiger partial charge in [-0.2, -0.15) is 0 Å². The van der Waals surface area contributed by atoms with Crippen LogP contribution in [0.2, 0.25) is 0 Å². The summed E-state index contributed by atoms with van der Waals surface area (Å²) in [5.41, 5.74) is -1.95. The standard InChI is InChI=1S/C26H34NO7.K/c1-6-24(4)11-16(34-17(29)12-27-18-19(30)21(32)20(18)31)25(5)13(2)7-9-26(14(3)23(24)33)10-8-15(28)22(25)26;/h6,13-14,16,18,22-23,27H,1,7-12H2,2-5H3;/q-1;+1/t13-,14+,16-,22+,23+,24-,25+,26+;/m1./s1. The first-order chi connectivity index (χ1) is 15.8. The Morgan fingerprint density at radius 3 is 2.40 bits per heavy atom. The van der Waals surface area contributed by atoms with Crippen molar-refractivity contribution in [2.45, 2.75) is 78.0 Å². The van der Waals surface area contributed by atoms with Gasteiger partial charge in [-0.1, -0.05) is 33.8 Å². The SMILES string of the molecule is C=C[C@]1(C)C[C@@H](OC(=O)CNC2C(=O)C(=O)C2=O)[C@]2(C)[C@H](C)CC[C@]3(CCC(=O)[C@H]32)[C@@H](C)[C@@H]1[O-].[K+]. The van der Waals surface area contributed by atoms with Crippen molar-refractivity contribution in [3.8, 4) is 0 Å². The second-order valence-electron chi connectivity index (χ2n) is 11.4. The Kier molecular flexibility index (Phi) is 8.26.